The standard InChI is InChI=1S/C16H30N6O/c1-3-4-7-21(2)16-14(17)15(19-13-20-16)18-6-5-8-22-9-11-23-12-10-22/h13H,3-12,17H2,1-2H3,(H,18,19,20). The third kappa shape index (κ3) is 5.51. The third-order valence-electron chi connectivity index (χ3n) is 4.12. The van der Waals surface area contributed by atoms with E-state index < -0.39 is 0 Å². The Kier molecular flexibility index (Phi) is 7.35. The number of hydrogen-bond acceptors (Lipinski definition) is 7. The monoisotopic (exact) mass is 322 g/mol. The molecule has 0 aliphatic carbocycles. The maximum absolute atomic E-state index is 6.22. The number of ether oxygens (including phenoxy) is 1. The van der Waals surface area contributed by atoms with Crippen molar-refractivity contribution in [1.82, 2.24) is 14.9 Å². The number of nitrogens with two attached hydrogens (primary N) is 1. The van der Waals surface area contributed by atoms with Gasteiger partial charge in [0.15, 0.2) is 11.6 Å². The number of anilines is 3. The van der Waals surface area contributed by atoms with Crippen LogP contribution in [0, 0.1) is 0 Å². The van der Waals surface area contributed by atoms with Gasteiger partial charge in [0.1, 0.15) is 12.0 Å². The van der Waals surface area contributed by atoms with E-state index in [1.54, 1.807) is 6.33 Å². The summed E-state index contributed by atoms with van der Waals surface area (Å²) in [7, 11) is 2.02. The van der Waals surface area contributed by atoms with E-state index >= 15 is 0 Å². The molecular formula is C16H30N6O. The summed E-state index contributed by atoms with van der Waals surface area (Å²) in [5.41, 5.74) is 6.86. The highest BCUT2D eigenvalue weighted by molar-refractivity contribution is 5.74. The molecule has 0 amide bonds. The Labute approximate surface area is 139 Å². The Morgan fingerprint density at radius 1 is 1.30 bits per heavy atom. The molecule has 2 heterocycles. The zero-order chi connectivity index (χ0) is 16.5. The van der Waals surface area contributed by atoms with Crippen molar-refractivity contribution in [3.63, 3.8) is 0 Å². The molecule has 1 saturated heterocycles. The van der Waals surface area contributed by atoms with Crippen LogP contribution in [-0.2, 0) is 4.74 Å². The van der Waals surface area contributed by atoms with Gasteiger partial charge < -0.3 is 20.7 Å². The van der Waals surface area contributed by atoms with Crippen molar-refractivity contribution in [2.75, 3.05) is 68.9 Å². The molecule has 2 rings (SSSR count). The average molecular weight is 322 g/mol. The SMILES string of the molecule is CCCCN(C)c1ncnc(NCCCN2CCOCC2)c1N. The number of nitrogens with one attached hydrogen (secondary N) is 1. The smallest absolute Gasteiger partial charge is 0.157 e. The molecule has 130 valence electrons. The number of aromatic nitrogens is 2. The minimum atomic E-state index is 0.637. The first-order valence-electron chi connectivity index (χ1n) is 8.58. The lowest BCUT2D eigenvalue weighted by atomic mass is 10.3. The first-order chi connectivity index (χ1) is 11.2. The molecule has 1 aromatic rings. The summed E-state index contributed by atoms with van der Waals surface area (Å²) >= 11 is 0. The highest BCUT2D eigenvalue weighted by Gasteiger charge is 2.12. The largest absolute Gasteiger partial charge is 0.393 e. The van der Waals surface area contributed by atoms with Crippen LogP contribution in [0.5, 0.6) is 0 Å². The van der Waals surface area contributed by atoms with E-state index in [9.17, 15) is 0 Å². The lowest BCUT2D eigenvalue weighted by Crippen LogP contribution is -2.37. The van der Waals surface area contributed by atoms with Gasteiger partial charge in [0, 0.05) is 33.2 Å². The summed E-state index contributed by atoms with van der Waals surface area (Å²) in [6.07, 6.45) is 4.92. The Balaban J connectivity index is 1.80. The van der Waals surface area contributed by atoms with Crippen molar-refractivity contribution < 1.29 is 4.74 Å². The van der Waals surface area contributed by atoms with Crippen molar-refractivity contribution in [2.45, 2.75) is 26.2 Å². The first kappa shape index (κ1) is 17.7. The van der Waals surface area contributed by atoms with E-state index in [0.717, 1.165) is 76.8 Å². The average Bonchev–Trinajstić information content (AvgIpc) is 2.58. The van der Waals surface area contributed by atoms with Gasteiger partial charge in [-0.05, 0) is 19.4 Å². The fourth-order valence-electron chi connectivity index (χ4n) is 2.67. The summed E-state index contributed by atoms with van der Waals surface area (Å²) in [5, 5.41) is 3.34. The van der Waals surface area contributed by atoms with Gasteiger partial charge in [0.05, 0.1) is 13.2 Å². The van der Waals surface area contributed by atoms with Crippen molar-refractivity contribution in [3.8, 4) is 0 Å². The second kappa shape index (κ2) is 9.52. The Morgan fingerprint density at radius 3 is 2.83 bits per heavy atom. The normalized spacial score (nSPS) is 15.6. The van der Waals surface area contributed by atoms with Gasteiger partial charge in [0.25, 0.3) is 0 Å². The highest BCUT2D eigenvalue weighted by Crippen LogP contribution is 2.25. The first-order valence-corrected chi connectivity index (χ1v) is 8.58. The molecule has 0 bridgehead atoms. The second-order valence-corrected chi connectivity index (χ2v) is 5.97. The molecule has 0 atom stereocenters. The van der Waals surface area contributed by atoms with E-state index in [2.05, 4.69) is 32.0 Å². The number of rotatable bonds is 9. The molecule has 0 radical (unpaired) electrons. The van der Waals surface area contributed by atoms with Gasteiger partial charge in [-0.3, -0.25) is 4.90 Å². The van der Waals surface area contributed by atoms with Crippen LogP contribution in [0.1, 0.15) is 26.2 Å². The van der Waals surface area contributed by atoms with Crippen LogP contribution in [0.3, 0.4) is 0 Å². The van der Waals surface area contributed by atoms with Crippen LogP contribution in [0.4, 0.5) is 17.3 Å². The van der Waals surface area contributed by atoms with Crippen LogP contribution >= 0.6 is 0 Å². The summed E-state index contributed by atoms with van der Waals surface area (Å²) in [5.74, 6) is 1.55. The third-order valence-corrected chi connectivity index (χ3v) is 4.12. The summed E-state index contributed by atoms with van der Waals surface area (Å²) < 4.78 is 5.36. The summed E-state index contributed by atoms with van der Waals surface area (Å²) in [4.78, 5) is 13.1. The fraction of sp³-hybridized carbons (Fsp3) is 0.750. The van der Waals surface area contributed by atoms with Gasteiger partial charge in [-0.25, -0.2) is 9.97 Å². The molecule has 3 N–H and O–H groups in total. The molecule has 0 spiro atoms. The number of nitrogen functional groups attached to an aromatic ring is 1. The minimum absolute atomic E-state index is 0.637. The molecule has 1 aliphatic rings. The quantitative estimate of drug-likeness (QED) is 0.666. The Hall–Kier alpha value is -1.60. The number of hydrogen-bond donors (Lipinski definition) is 2. The van der Waals surface area contributed by atoms with E-state index in [1.807, 2.05) is 7.05 Å². The van der Waals surface area contributed by atoms with Crippen molar-refractivity contribution in [1.29, 1.82) is 0 Å². The van der Waals surface area contributed by atoms with Crippen molar-refractivity contribution in [2.24, 2.45) is 0 Å². The van der Waals surface area contributed by atoms with Gasteiger partial charge in [0.2, 0.25) is 0 Å². The zero-order valence-corrected chi connectivity index (χ0v) is 14.4. The number of morpholine rings is 1. The number of unbranched alkanes of at least 4 members (excludes halogenated alkanes) is 1. The maximum Gasteiger partial charge on any atom is 0.157 e. The molecule has 1 aromatic heterocycles. The molecule has 0 aromatic carbocycles. The van der Waals surface area contributed by atoms with Gasteiger partial charge in [-0.2, -0.15) is 0 Å². The molecule has 7 heteroatoms. The number of nitrogens with zero attached hydrogens (tertiary/aromatic N) is 4. The van der Waals surface area contributed by atoms with E-state index in [4.69, 9.17) is 10.5 Å². The van der Waals surface area contributed by atoms with Crippen LogP contribution in [-0.4, -0.2) is 67.9 Å². The molecule has 0 saturated carbocycles. The van der Waals surface area contributed by atoms with Gasteiger partial charge in [-0.15, -0.1) is 0 Å². The zero-order valence-electron chi connectivity index (χ0n) is 14.4. The predicted molar refractivity (Wildman–Crippen MR) is 95.0 cm³/mol. The van der Waals surface area contributed by atoms with E-state index in [-0.39, 0.29) is 0 Å². The van der Waals surface area contributed by atoms with Crippen molar-refractivity contribution in [3.05, 3.63) is 6.33 Å². The molecule has 1 aliphatic heterocycles. The topological polar surface area (TPSA) is 79.5 Å². The Morgan fingerprint density at radius 2 is 2.09 bits per heavy atom. The van der Waals surface area contributed by atoms with Crippen LogP contribution in [0.25, 0.3) is 0 Å². The van der Waals surface area contributed by atoms with Gasteiger partial charge >= 0.3 is 0 Å². The van der Waals surface area contributed by atoms with Gasteiger partial charge in [-0.1, -0.05) is 13.3 Å². The van der Waals surface area contributed by atoms with Crippen LogP contribution in [0.15, 0.2) is 6.33 Å². The Bertz CT molecular complexity index is 464. The molecule has 7 nitrogen and oxygen atoms in total. The fourth-order valence-corrected chi connectivity index (χ4v) is 2.67. The predicted octanol–water partition coefficient (Wildman–Crippen LogP) is 1.43. The summed E-state index contributed by atoms with van der Waals surface area (Å²) in [6.45, 7) is 8.82. The lowest BCUT2D eigenvalue weighted by Gasteiger charge is -2.26. The molecule has 1 fully saturated rings. The second-order valence-electron chi connectivity index (χ2n) is 5.97. The molecule has 0 unspecified atom stereocenters. The molecular weight excluding hydrogens is 292 g/mol. The lowest BCUT2D eigenvalue weighted by molar-refractivity contribution is 0.0378. The maximum atomic E-state index is 6.22. The van der Waals surface area contributed by atoms with Crippen molar-refractivity contribution >= 4 is 17.3 Å². The van der Waals surface area contributed by atoms with E-state index in [0.29, 0.717) is 5.69 Å². The van der Waals surface area contributed by atoms with Crippen LogP contribution < -0.4 is 16.0 Å². The molecule has 23 heavy (non-hydrogen) atoms. The van der Waals surface area contributed by atoms with E-state index in [1.165, 1.54) is 0 Å². The van der Waals surface area contributed by atoms with Crippen LogP contribution in [0.2, 0.25) is 0 Å². The summed E-state index contributed by atoms with van der Waals surface area (Å²) in [6, 6.07) is 0. The highest BCUT2D eigenvalue weighted by atomic mass is 16.5. The minimum Gasteiger partial charge on any atom is -0.393 e.